The number of piperazine rings is 1. The summed E-state index contributed by atoms with van der Waals surface area (Å²) in [5, 5.41) is 0. The lowest BCUT2D eigenvalue weighted by Crippen LogP contribution is -2.49. The van der Waals surface area contributed by atoms with Crippen molar-refractivity contribution in [1.29, 1.82) is 0 Å². The minimum atomic E-state index is 0.0525. The van der Waals surface area contributed by atoms with Crippen LogP contribution in [0.25, 0.3) is 16.6 Å². The number of aryl methyl sites for hydroxylation is 1. The van der Waals surface area contributed by atoms with Crippen molar-refractivity contribution in [3.63, 3.8) is 0 Å². The number of hydrogen-bond acceptors (Lipinski definition) is 4. The maximum absolute atomic E-state index is 13.1. The Morgan fingerprint density at radius 3 is 2.77 bits per heavy atom. The van der Waals surface area contributed by atoms with Crippen molar-refractivity contribution in [3.05, 3.63) is 90.3 Å². The molecule has 4 heterocycles. The second kappa shape index (κ2) is 7.96. The SMILES string of the molecule is Cc1cccc(C(=O)N2CCN(C)[C@@H](c3ncn4cc(-c5cccnc5)ccc34)C2)c1. The molecule has 0 bridgehead atoms. The van der Waals surface area contributed by atoms with Crippen molar-refractivity contribution in [2.24, 2.45) is 0 Å². The molecule has 1 saturated heterocycles. The summed E-state index contributed by atoms with van der Waals surface area (Å²) < 4.78 is 2.06. The zero-order chi connectivity index (χ0) is 21.4. The number of nitrogens with zero attached hydrogens (tertiary/aromatic N) is 5. The van der Waals surface area contributed by atoms with Crippen LogP contribution in [0.5, 0.6) is 0 Å². The number of hydrogen-bond donors (Lipinski definition) is 0. The van der Waals surface area contributed by atoms with E-state index in [2.05, 4.69) is 45.7 Å². The molecule has 6 heteroatoms. The van der Waals surface area contributed by atoms with Crippen LogP contribution in [0.15, 0.2) is 73.4 Å². The highest BCUT2D eigenvalue weighted by Gasteiger charge is 2.31. The fourth-order valence-corrected chi connectivity index (χ4v) is 4.30. The highest BCUT2D eigenvalue weighted by atomic mass is 16.2. The number of amides is 1. The highest BCUT2D eigenvalue weighted by Crippen LogP contribution is 2.29. The topological polar surface area (TPSA) is 53.7 Å². The van der Waals surface area contributed by atoms with E-state index < -0.39 is 0 Å². The minimum absolute atomic E-state index is 0.0525. The summed E-state index contributed by atoms with van der Waals surface area (Å²) in [6.45, 7) is 4.17. The molecule has 0 unspecified atom stereocenters. The molecule has 5 rings (SSSR count). The smallest absolute Gasteiger partial charge is 0.253 e. The molecule has 0 aliphatic carbocycles. The number of imidazole rings is 1. The van der Waals surface area contributed by atoms with Crippen LogP contribution in [0.2, 0.25) is 0 Å². The number of carbonyl (C=O) groups excluding carboxylic acids is 1. The molecule has 0 saturated carbocycles. The molecule has 0 radical (unpaired) electrons. The monoisotopic (exact) mass is 411 g/mol. The van der Waals surface area contributed by atoms with Gasteiger partial charge in [0.1, 0.15) is 0 Å². The summed E-state index contributed by atoms with van der Waals surface area (Å²) in [6, 6.07) is 16.1. The van der Waals surface area contributed by atoms with Crippen LogP contribution in [0.3, 0.4) is 0 Å². The van der Waals surface area contributed by atoms with E-state index in [0.717, 1.165) is 46.6 Å². The lowest BCUT2D eigenvalue weighted by molar-refractivity contribution is 0.0542. The molecule has 6 nitrogen and oxygen atoms in total. The van der Waals surface area contributed by atoms with Crippen molar-refractivity contribution in [3.8, 4) is 11.1 Å². The molecule has 1 fully saturated rings. The van der Waals surface area contributed by atoms with Crippen LogP contribution in [0.4, 0.5) is 0 Å². The molecule has 3 aromatic heterocycles. The molecule has 0 N–H and O–H groups in total. The summed E-state index contributed by atoms with van der Waals surface area (Å²) >= 11 is 0. The van der Waals surface area contributed by atoms with Crippen LogP contribution in [-0.4, -0.2) is 56.8 Å². The largest absolute Gasteiger partial charge is 0.335 e. The average molecular weight is 412 g/mol. The van der Waals surface area contributed by atoms with Gasteiger partial charge in [0, 0.05) is 49.4 Å². The first-order valence-electron chi connectivity index (χ1n) is 10.5. The van der Waals surface area contributed by atoms with E-state index in [1.54, 1.807) is 6.20 Å². The van der Waals surface area contributed by atoms with Crippen LogP contribution in [0.1, 0.15) is 27.7 Å². The molecule has 1 amide bonds. The number of pyridine rings is 2. The number of likely N-dealkylation sites (N-methyl/N-ethyl adjacent to an activating group) is 1. The molecular formula is C25H25N5O. The first-order chi connectivity index (χ1) is 15.1. The van der Waals surface area contributed by atoms with Gasteiger partial charge in [-0.05, 0) is 43.8 Å². The van der Waals surface area contributed by atoms with E-state index in [4.69, 9.17) is 4.98 Å². The summed E-state index contributed by atoms with van der Waals surface area (Å²) in [5.74, 6) is 0.0872. The van der Waals surface area contributed by atoms with Gasteiger partial charge in [0.05, 0.1) is 23.6 Å². The Labute approximate surface area is 181 Å². The van der Waals surface area contributed by atoms with Gasteiger partial charge >= 0.3 is 0 Å². The molecule has 0 spiro atoms. The van der Waals surface area contributed by atoms with E-state index in [9.17, 15) is 4.79 Å². The predicted octanol–water partition coefficient (Wildman–Crippen LogP) is 3.83. The summed E-state index contributed by atoms with van der Waals surface area (Å²) in [5.41, 5.74) is 6.08. The van der Waals surface area contributed by atoms with E-state index >= 15 is 0 Å². The lowest BCUT2D eigenvalue weighted by Gasteiger charge is -2.39. The van der Waals surface area contributed by atoms with Gasteiger partial charge in [-0.25, -0.2) is 4.98 Å². The zero-order valence-electron chi connectivity index (χ0n) is 17.8. The van der Waals surface area contributed by atoms with Crippen molar-refractivity contribution >= 4 is 11.4 Å². The third-order valence-corrected chi connectivity index (χ3v) is 6.07. The Bertz CT molecular complexity index is 1230. The molecular weight excluding hydrogens is 386 g/mol. The fraction of sp³-hybridized carbons (Fsp3) is 0.240. The standard InChI is InChI=1S/C25H25N5O/c1-18-5-3-6-19(13-18)25(31)29-12-11-28(2)23(16-29)24-22-9-8-21(15-30(22)17-27-24)20-7-4-10-26-14-20/h3-10,13-15,17,23H,11-12,16H2,1-2H3/t23-/m1/s1. The van der Waals surface area contributed by atoms with E-state index in [1.807, 2.05) is 54.7 Å². The van der Waals surface area contributed by atoms with Crippen molar-refractivity contribution in [2.45, 2.75) is 13.0 Å². The van der Waals surface area contributed by atoms with E-state index in [0.29, 0.717) is 6.54 Å². The van der Waals surface area contributed by atoms with Crippen LogP contribution < -0.4 is 0 Å². The molecule has 31 heavy (non-hydrogen) atoms. The Hall–Kier alpha value is -3.51. The lowest BCUT2D eigenvalue weighted by atomic mass is 10.0. The number of carbonyl (C=O) groups is 1. The van der Waals surface area contributed by atoms with Crippen molar-refractivity contribution in [1.82, 2.24) is 24.2 Å². The summed E-state index contributed by atoms with van der Waals surface area (Å²) in [6.07, 6.45) is 7.59. The first kappa shape index (κ1) is 19.5. The van der Waals surface area contributed by atoms with Gasteiger partial charge in [0.15, 0.2) is 0 Å². The Kier molecular flexibility index (Phi) is 5.00. The predicted molar refractivity (Wildman–Crippen MR) is 121 cm³/mol. The van der Waals surface area contributed by atoms with Crippen molar-refractivity contribution in [2.75, 3.05) is 26.7 Å². The molecule has 4 aromatic rings. The van der Waals surface area contributed by atoms with Gasteiger partial charge in [-0.2, -0.15) is 0 Å². The van der Waals surface area contributed by atoms with Crippen molar-refractivity contribution < 1.29 is 4.79 Å². The van der Waals surface area contributed by atoms with Gasteiger partial charge in [-0.1, -0.05) is 29.8 Å². The Morgan fingerprint density at radius 2 is 1.97 bits per heavy atom. The maximum Gasteiger partial charge on any atom is 0.253 e. The second-order valence-electron chi connectivity index (χ2n) is 8.20. The van der Waals surface area contributed by atoms with E-state index in [-0.39, 0.29) is 11.9 Å². The average Bonchev–Trinajstić information content (AvgIpc) is 3.22. The van der Waals surface area contributed by atoms with Gasteiger partial charge in [-0.15, -0.1) is 0 Å². The van der Waals surface area contributed by atoms with E-state index in [1.165, 1.54) is 0 Å². The number of aromatic nitrogens is 3. The molecule has 1 aliphatic heterocycles. The Balaban J connectivity index is 1.44. The van der Waals surface area contributed by atoms with Gasteiger partial charge in [-0.3, -0.25) is 14.7 Å². The normalized spacial score (nSPS) is 17.2. The fourth-order valence-electron chi connectivity index (χ4n) is 4.30. The molecule has 1 aromatic carbocycles. The number of benzene rings is 1. The molecule has 1 atom stereocenters. The van der Waals surface area contributed by atoms with Crippen LogP contribution >= 0.6 is 0 Å². The second-order valence-corrected chi connectivity index (χ2v) is 8.20. The third-order valence-electron chi connectivity index (χ3n) is 6.07. The van der Waals surface area contributed by atoms with Crippen LogP contribution in [-0.2, 0) is 0 Å². The Morgan fingerprint density at radius 1 is 1.06 bits per heavy atom. The first-order valence-corrected chi connectivity index (χ1v) is 10.5. The molecule has 1 aliphatic rings. The quantitative estimate of drug-likeness (QED) is 0.514. The third kappa shape index (κ3) is 3.70. The molecule has 156 valence electrons. The van der Waals surface area contributed by atoms with Gasteiger partial charge in [0.2, 0.25) is 0 Å². The number of rotatable bonds is 3. The zero-order valence-corrected chi connectivity index (χ0v) is 17.8. The maximum atomic E-state index is 13.1. The van der Waals surface area contributed by atoms with Gasteiger partial charge < -0.3 is 9.30 Å². The van der Waals surface area contributed by atoms with Gasteiger partial charge in [0.25, 0.3) is 5.91 Å². The number of fused-ring (bicyclic) bond motifs is 1. The minimum Gasteiger partial charge on any atom is -0.335 e. The highest BCUT2D eigenvalue weighted by molar-refractivity contribution is 5.94. The summed E-state index contributed by atoms with van der Waals surface area (Å²) in [7, 11) is 2.11. The van der Waals surface area contributed by atoms with Crippen LogP contribution in [0, 0.1) is 6.92 Å². The summed E-state index contributed by atoms with van der Waals surface area (Å²) in [4.78, 5) is 26.3.